The van der Waals surface area contributed by atoms with Crippen molar-refractivity contribution < 1.29 is 13.5 Å². The van der Waals surface area contributed by atoms with E-state index in [4.69, 9.17) is 11.6 Å². The smallest absolute Gasteiger partial charge is 0.387 e. The van der Waals surface area contributed by atoms with Crippen molar-refractivity contribution in [2.75, 3.05) is 18.0 Å². The van der Waals surface area contributed by atoms with Gasteiger partial charge in [-0.15, -0.1) is 0 Å². The third-order valence-electron chi connectivity index (χ3n) is 5.06. The Morgan fingerprint density at radius 3 is 2.40 bits per heavy atom. The van der Waals surface area contributed by atoms with Crippen LogP contribution >= 0.6 is 11.6 Å². The van der Waals surface area contributed by atoms with Crippen LogP contribution in [0, 0.1) is 0 Å². The molecule has 3 aromatic rings. The number of ether oxygens (including phenoxy) is 1. The SMILES string of the molecule is Cn1c(=O)c(=O)n(C2CCN(c3ncc(OC(F)F)cn3)CC2)c2ncc(Cl)cc21. The van der Waals surface area contributed by atoms with Crippen LogP contribution in [0.5, 0.6) is 5.75 Å². The van der Waals surface area contributed by atoms with Crippen LogP contribution in [0.3, 0.4) is 0 Å². The second kappa shape index (κ2) is 7.98. The Morgan fingerprint density at radius 2 is 1.77 bits per heavy atom. The molecule has 4 heterocycles. The molecule has 0 aliphatic carbocycles. The lowest BCUT2D eigenvalue weighted by molar-refractivity contribution is -0.0503. The van der Waals surface area contributed by atoms with Crippen LogP contribution in [-0.2, 0) is 7.05 Å². The lowest BCUT2D eigenvalue weighted by Gasteiger charge is -2.33. The molecule has 0 saturated carbocycles. The van der Waals surface area contributed by atoms with E-state index in [2.05, 4.69) is 19.7 Å². The molecule has 1 aliphatic rings. The number of anilines is 1. The Kier molecular flexibility index (Phi) is 5.37. The molecular formula is C18H17ClF2N6O3. The molecule has 9 nitrogen and oxygen atoms in total. The first-order valence-electron chi connectivity index (χ1n) is 9.13. The Morgan fingerprint density at radius 1 is 1.10 bits per heavy atom. The van der Waals surface area contributed by atoms with E-state index in [-0.39, 0.29) is 11.8 Å². The summed E-state index contributed by atoms with van der Waals surface area (Å²) in [6.45, 7) is -1.92. The van der Waals surface area contributed by atoms with Crippen molar-refractivity contribution >= 4 is 28.7 Å². The molecule has 0 unspecified atom stereocenters. The van der Waals surface area contributed by atoms with Crippen LogP contribution in [0.2, 0.25) is 5.02 Å². The minimum Gasteiger partial charge on any atom is -0.432 e. The van der Waals surface area contributed by atoms with Gasteiger partial charge in [-0.2, -0.15) is 8.78 Å². The van der Waals surface area contributed by atoms with Crippen LogP contribution in [0.1, 0.15) is 18.9 Å². The van der Waals surface area contributed by atoms with Gasteiger partial charge in [0.15, 0.2) is 11.4 Å². The van der Waals surface area contributed by atoms with E-state index in [9.17, 15) is 18.4 Å². The highest BCUT2D eigenvalue weighted by molar-refractivity contribution is 6.31. The molecule has 4 rings (SSSR count). The zero-order valence-corrected chi connectivity index (χ0v) is 16.6. The third kappa shape index (κ3) is 3.72. The second-order valence-electron chi connectivity index (χ2n) is 6.85. The zero-order chi connectivity index (χ0) is 21.4. The van der Waals surface area contributed by atoms with E-state index in [1.807, 2.05) is 4.90 Å². The highest BCUT2D eigenvalue weighted by Gasteiger charge is 2.26. The fourth-order valence-electron chi connectivity index (χ4n) is 3.61. The molecule has 1 aliphatic heterocycles. The van der Waals surface area contributed by atoms with Crippen molar-refractivity contribution in [3.63, 3.8) is 0 Å². The Bertz CT molecular complexity index is 1190. The molecule has 0 aromatic carbocycles. The molecule has 12 heteroatoms. The third-order valence-corrected chi connectivity index (χ3v) is 5.27. The van der Waals surface area contributed by atoms with Crippen molar-refractivity contribution in [3.05, 3.63) is 50.4 Å². The van der Waals surface area contributed by atoms with Gasteiger partial charge in [0.05, 0.1) is 22.9 Å². The van der Waals surface area contributed by atoms with Gasteiger partial charge in [-0.05, 0) is 18.9 Å². The van der Waals surface area contributed by atoms with Crippen LogP contribution < -0.4 is 20.8 Å². The molecule has 30 heavy (non-hydrogen) atoms. The predicted octanol–water partition coefficient (Wildman–Crippen LogP) is 1.98. The largest absolute Gasteiger partial charge is 0.432 e. The summed E-state index contributed by atoms with van der Waals surface area (Å²) in [5.41, 5.74) is -0.405. The van der Waals surface area contributed by atoms with E-state index in [0.29, 0.717) is 48.1 Å². The Labute approximate surface area is 173 Å². The van der Waals surface area contributed by atoms with Gasteiger partial charge in [0.1, 0.15) is 0 Å². The first kappa shape index (κ1) is 20.2. The van der Waals surface area contributed by atoms with Gasteiger partial charge < -0.3 is 14.2 Å². The highest BCUT2D eigenvalue weighted by Crippen LogP contribution is 2.26. The van der Waals surface area contributed by atoms with E-state index in [1.54, 1.807) is 6.07 Å². The number of rotatable bonds is 4. The minimum absolute atomic E-state index is 0.119. The minimum atomic E-state index is -2.94. The molecule has 3 aromatic heterocycles. The summed E-state index contributed by atoms with van der Waals surface area (Å²) < 4.78 is 31.4. The maximum atomic E-state index is 12.7. The standard InChI is InChI=1S/C18H17ClF2N6O3/c1-25-13-6-10(19)7-22-14(13)27(16(29)15(25)28)11-2-4-26(5-3-11)18-23-8-12(9-24-18)30-17(20)21/h6-9,11,17H,2-5H2,1H3. The number of aromatic nitrogens is 5. The first-order chi connectivity index (χ1) is 14.3. The maximum absolute atomic E-state index is 12.7. The Balaban J connectivity index is 1.58. The fourth-order valence-corrected chi connectivity index (χ4v) is 3.76. The van der Waals surface area contributed by atoms with Crippen LogP contribution in [0.4, 0.5) is 14.7 Å². The van der Waals surface area contributed by atoms with Gasteiger partial charge in [0.25, 0.3) is 0 Å². The molecule has 0 radical (unpaired) electrons. The molecule has 0 spiro atoms. The fraction of sp³-hybridized carbons (Fsp3) is 0.389. The molecule has 1 fully saturated rings. The summed E-state index contributed by atoms with van der Waals surface area (Å²) in [7, 11) is 1.51. The molecule has 0 atom stereocenters. The number of fused-ring (bicyclic) bond motifs is 1. The number of aryl methyl sites for hydroxylation is 1. The van der Waals surface area contributed by atoms with E-state index in [0.717, 1.165) is 0 Å². The summed E-state index contributed by atoms with van der Waals surface area (Å²) in [5, 5.41) is 0.369. The number of nitrogens with zero attached hydrogens (tertiary/aromatic N) is 6. The average molecular weight is 439 g/mol. The van der Waals surface area contributed by atoms with Gasteiger partial charge in [0.2, 0.25) is 5.95 Å². The normalized spacial score (nSPS) is 15.2. The predicted molar refractivity (Wildman–Crippen MR) is 105 cm³/mol. The number of hydrogen-bond donors (Lipinski definition) is 0. The second-order valence-corrected chi connectivity index (χ2v) is 7.29. The monoisotopic (exact) mass is 438 g/mol. The summed E-state index contributed by atoms with van der Waals surface area (Å²) in [6.07, 6.45) is 4.91. The molecular weight excluding hydrogens is 422 g/mol. The van der Waals surface area contributed by atoms with Crippen LogP contribution in [-0.4, -0.2) is 43.8 Å². The van der Waals surface area contributed by atoms with Gasteiger partial charge >= 0.3 is 17.7 Å². The van der Waals surface area contributed by atoms with Crippen molar-refractivity contribution in [1.82, 2.24) is 24.1 Å². The van der Waals surface area contributed by atoms with Crippen molar-refractivity contribution in [2.24, 2.45) is 7.05 Å². The van der Waals surface area contributed by atoms with E-state index >= 15 is 0 Å². The summed E-state index contributed by atoms with van der Waals surface area (Å²) in [4.78, 5) is 39.4. The van der Waals surface area contributed by atoms with Crippen molar-refractivity contribution in [2.45, 2.75) is 25.5 Å². The van der Waals surface area contributed by atoms with E-state index in [1.165, 1.54) is 34.8 Å². The maximum Gasteiger partial charge on any atom is 0.387 e. The van der Waals surface area contributed by atoms with Crippen molar-refractivity contribution in [1.29, 1.82) is 0 Å². The topological polar surface area (TPSA) is 95.1 Å². The highest BCUT2D eigenvalue weighted by atomic mass is 35.5. The Hall–Kier alpha value is -3.08. The number of halogens is 3. The quantitative estimate of drug-likeness (QED) is 0.575. The summed E-state index contributed by atoms with van der Waals surface area (Å²) in [5.74, 6) is 0.257. The summed E-state index contributed by atoms with van der Waals surface area (Å²) in [6, 6.07) is 1.37. The molecule has 0 N–H and O–H groups in total. The summed E-state index contributed by atoms with van der Waals surface area (Å²) >= 11 is 6.01. The molecule has 1 saturated heterocycles. The molecule has 0 bridgehead atoms. The zero-order valence-electron chi connectivity index (χ0n) is 15.8. The van der Waals surface area contributed by atoms with Gasteiger partial charge in [-0.25, -0.2) is 15.0 Å². The van der Waals surface area contributed by atoms with Crippen LogP contribution in [0.15, 0.2) is 34.2 Å². The lowest BCUT2D eigenvalue weighted by atomic mass is 10.0. The van der Waals surface area contributed by atoms with Gasteiger partial charge in [-0.1, -0.05) is 11.6 Å². The lowest BCUT2D eigenvalue weighted by Crippen LogP contribution is -2.45. The first-order valence-corrected chi connectivity index (χ1v) is 9.51. The van der Waals surface area contributed by atoms with Crippen LogP contribution in [0.25, 0.3) is 11.2 Å². The molecule has 0 amide bonds. The van der Waals surface area contributed by atoms with Gasteiger partial charge in [0, 0.05) is 32.4 Å². The number of hydrogen-bond acceptors (Lipinski definition) is 7. The number of pyridine rings is 1. The van der Waals surface area contributed by atoms with Gasteiger partial charge in [-0.3, -0.25) is 14.2 Å². The van der Waals surface area contributed by atoms with Crippen molar-refractivity contribution in [3.8, 4) is 5.75 Å². The van der Waals surface area contributed by atoms with E-state index < -0.39 is 17.7 Å². The number of piperidine rings is 1. The molecule has 158 valence electrons. The number of alkyl halides is 2. The average Bonchev–Trinajstić information content (AvgIpc) is 2.73.